The SMILES string of the molecule is CC1c2ccccc2C(c2nnc3c(F)cccc3n2)=NC1(C)C. The molecular formula is C19H17FN4. The molecule has 2 heterocycles. The maximum absolute atomic E-state index is 13.8. The Balaban J connectivity index is 1.95. The van der Waals surface area contributed by atoms with Gasteiger partial charge in [0, 0.05) is 11.5 Å². The maximum atomic E-state index is 13.8. The second kappa shape index (κ2) is 5.16. The zero-order chi connectivity index (χ0) is 16.9. The molecule has 0 spiro atoms. The van der Waals surface area contributed by atoms with Crippen molar-refractivity contribution in [3.63, 3.8) is 0 Å². The van der Waals surface area contributed by atoms with Gasteiger partial charge in [0.2, 0.25) is 5.82 Å². The van der Waals surface area contributed by atoms with Crippen LogP contribution in [0.3, 0.4) is 0 Å². The Morgan fingerprint density at radius 3 is 2.62 bits per heavy atom. The van der Waals surface area contributed by atoms with Gasteiger partial charge in [-0.05, 0) is 31.5 Å². The lowest BCUT2D eigenvalue weighted by molar-refractivity contribution is 0.432. The summed E-state index contributed by atoms with van der Waals surface area (Å²) in [6.45, 7) is 6.37. The van der Waals surface area contributed by atoms with Gasteiger partial charge in [0.25, 0.3) is 0 Å². The van der Waals surface area contributed by atoms with Crippen LogP contribution in [-0.2, 0) is 0 Å². The quantitative estimate of drug-likeness (QED) is 0.683. The summed E-state index contributed by atoms with van der Waals surface area (Å²) in [5.41, 5.74) is 3.34. The van der Waals surface area contributed by atoms with Crippen molar-refractivity contribution in [3.8, 4) is 0 Å². The zero-order valence-corrected chi connectivity index (χ0v) is 13.8. The molecule has 0 radical (unpaired) electrons. The van der Waals surface area contributed by atoms with E-state index < -0.39 is 5.82 Å². The predicted octanol–water partition coefficient (Wildman–Crippen LogP) is 3.90. The number of rotatable bonds is 1. The first kappa shape index (κ1) is 14.9. The van der Waals surface area contributed by atoms with E-state index in [2.05, 4.69) is 42.0 Å². The fourth-order valence-electron chi connectivity index (χ4n) is 3.11. The largest absolute Gasteiger partial charge is 0.274 e. The lowest BCUT2D eigenvalue weighted by Gasteiger charge is -2.34. The summed E-state index contributed by atoms with van der Waals surface area (Å²) >= 11 is 0. The smallest absolute Gasteiger partial charge is 0.201 e. The van der Waals surface area contributed by atoms with Gasteiger partial charge in [0.05, 0.1) is 11.1 Å². The molecule has 0 aliphatic carbocycles. The summed E-state index contributed by atoms with van der Waals surface area (Å²) < 4.78 is 13.8. The van der Waals surface area contributed by atoms with Gasteiger partial charge in [-0.15, -0.1) is 10.2 Å². The van der Waals surface area contributed by atoms with Crippen LogP contribution < -0.4 is 0 Å². The van der Waals surface area contributed by atoms with Crippen molar-refractivity contribution in [1.82, 2.24) is 15.2 Å². The Labute approximate surface area is 139 Å². The third kappa shape index (κ3) is 2.19. The molecule has 2 aromatic carbocycles. The Morgan fingerprint density at radius 1 is 1.00 bits per heavy atom. The first-order valence-electron chi connectivity index (χ1n) is 7.96. The summed E-state index contributed by atoms with van der Waals surface area (Å²) in [4.78, 5) is 9.40. The monoisotopic (exact) mass is 320 g/mol. The lowest BCUT2D eigenvalue weighted by atomic mass is 9.78. The average molecular weight is 320 g/mol. The fourth-order valence-corrected chi connectivity index (χ4v) is 3.11. The molecule has 1 unspecified atom stereocenters. The molecule has 1 aliphatic rings. The van der Waals surface area contributed by atoms with Crippen molar-refractivity contribution in [2.24, 2.45) is 4.99 Å². The molecule has 1 aromatic heterocycles. The minimum Gasteiger partial charge on any atom is -0.274 e. The first-order chi connectivity index (χ1) is 11.5. The molecule has 0 saturated carbocycles. The van der Waals surface area contributed by atoms with Gasteiger partial charge < -0.3 is 0 Å². The van der Waals surface area contributed by atoms with E-state index in [0.717, 1.165) is 5.56 Å². The molecule has 4 nitrogen and oxygen atoms in total. The van der Waals surface area contributed by atoms with Crippen molar-refractivity contribution < 1.29 is 4.39 Å². The van der Waals surface area contributed by atoms with E-state index in [0.29, 0.717) is 17.1 Å². The van der Waals surface area contributed by atoms with Gasteiger partial charge in [-0.25, -0.2) is 9.37 Å². The fraction of sp³-hybridized carbons (Fsp3) is 0.263. The van der Waals surface area contributed by atoms with E-state index in [4.69, 9.17) is 4.99 Å². The molecule has 0 N–H and O–H groups in total. The van der Waals surface area contributed by atoms with Crippen LogP contribution in [-0.4, -0.2) is 26.4 Å². The Morgan fingerprint density at radius 2 is 1.79 bits per heavy atom. The van der Waals surface area contributed by atoms with Crippen LogP contribution in [0, 0.1) is 5.82 Å². The molecule has 3 aromatic rings. The summed E-state index contributed by atoms with van der Waals surface area (Å²) in [5.74, 6) is 0.294. The number of benzene rings is 2. The van der Waals surface area contributed by atoms with Gasteiger partial charge in [-0.3, -0.25) is 4.99 Å². The number of hydrogen-bond donors (Lipinski definition) is 0. The van der Waals surface area contributed by atoms with Gasteiger partial charge in [0.1, 0.15) is 11.2 Å². The summed E-state index contributed by atoms with van der Waals surface area (Å²) in [6.07, 6.45) is 0. The number of halogens is 1. The normalized spacial score (nSPS) is 19.0. The van der Waals surface area contributed by atoms with Crippen LogP contribution in [0.5, 0.6) is 0 Å². The van der Waals surface area contributed by atoms with Crippen molar-refractivity contribution in [3.05, 3.63) is 65.2 Å². The number of aliphatic imine (C=N–C) groups is 1. The highest BCUT2D eigenvalue weighted by atomic mass is 19.1. The zero-order valence-electron chi connectivity index (χ0n) is 13.8. The number of hydrogen-bond acceptors (Lipinski definition) is 4. The molecule has 0 amide bonds. The van der Waals surface area contributed by atoms with Gasteiger partial charge in [-0.1, -0.05) is 37.3 Å². The molecular weight excluding hydrogens is 303 g/mol. The average Bonchev–Trinajstić information content (AvgIpc) is 2.58. The molecule has 0 bridgehead atoms. The van der Waals surface area contributed by atoms with Crippen LogP contribution in [0.2, 0.25) is 0 Å². The van der Waals surface area contributed by atoms with Crippen molar-refractivity contribution in [2.75, 3.05) is 0 Å². The lowest BCUT2D eigenvalue weighted by Crippen LogP contribution is -2.33. The molecule has 1 aliphatic heterocycles. The second-order valence-electron chi connectivity index (χ2n) is 6.67. The molecule has 24 heavy (non-hydrogen) atoms. The van der Waals surface area contributed by atoms with E-state index in [1.54, 1.807) is 12.1 Å². The minimum absolute atomic E-state index is 0.179. The van der Waals surface area contributed by atoms with Crippen LogP contribution in [0.15, 0.2) is 47.5 Å². The highest BCUT2D eigenvalue weighted by Gasteiger charge is 2.35. The van der Waals surface area contributed by atoms with Crippen molar-refractivity contribution in [1.29, 1.82) is 0 Å². The van der Waals surface area contributed by atoms with Crippen LogP contribution in [0.4, 0.5) is 4.39 Å². The van der Waals surface area contributed by atoms with E-state index in [1.807, 2.05) is 18.2 Å². The second-order valence-corrected chi connectivity index (χ2v) is 6.67. The Kier molecular flexibility index (Phi) is 3.20. The first-order valence-corrected chi connectivity index (χ1v) is 7.96. The highest BCUT2D eigenvalue weighted by molar-refractivity contribution is 6.12. The van der Waals surface area contributed by atoms with Crippen molar-refractivity contribution in [2.45, 2.75) is 32.2 Å². The van der Waals surface area contributed by atoms with E-state index in [1.165, 1.54) is 11.6 Å². The summed E-state index contributed by atoms with van der Waals surface area (Å²) in [5, 5.41) is 8.18. The number of fused-ring (bicyclic) bond motifs is 2. The molecule has 1 atom stereocenters. The number of nitrogens with zero attached hydrogens (tertiary/aromatic N) is 4. The summed E-state index contributed by atoms with van der Waals surface area (Å²) in [7, 11) is 0. The molecule has 0 fully saturated rings. The number of aromatic nitrogens is 3. The summed E-state index contributed by atoms with van der Waals surface area (Å²) in [6, 6.07) is 12.9. The predicted molar refractivity (Wildman–Crippen MR) is 91.9 cm³/mol. The molecule has 120 valence electrons. The Bertz CT molecular complexity index is 978. The van der Waals surface area contributed by atoms with E-state index in [-0.39, 0.29) is 17.0 Å². The van der Waals surface area contributed by atoms with E-state index in [9.17, 15) is 4.39 Å². The molecule has 5 heteroatoms. The topological polar surface area (TPSA) is 51.0 Å². The van der Waals surface area contributed by atoms with Gasteiger partial charge in [-0.2, -0.15) is 0 Å². The van der Waals surface area contributed by atoms with Crippen LogP contribution >= 0.6 is 0 Å². The standard InChI is InChI=1S/C19H17FN4/c1-11-12-7-4-5-8-13(12)16(22-19(11,2)3)18-21-15-10-6-9-14(20)17(15)23-24-18/h4-11H,1-3H3. The minimum atomic E-state index is -0.418. The van der Waals surface area contributed by atoms with Crippen LogP contribution in [0.1, 0.15) is 43.6 Å². The van der Waals surface area contributed by atoms with Crippen molar-refractivity contribution >= 4 is 16.7 Å². The third-order valence-corrected chi connectivity index (χ3v) is 4.79. The van der Waals surface area contributed by atoms with E-state index >= 15 is 0 Å². The molecule has 0 saturated heterocycles. The Hall–Kier alpha value is -2.69. The highest BCUT2D eigenvalue weighted by Crippen LogP contribution is 2.38. The maximum Gasteiger partial charge on any atom is 0.201 e. The van der Waals surface area contributed by atoms with Gasteiger partial charge >= 0.3 is 0 Å². The molecule has 4 rings (SSSR count). The van der Waals surface area contributed by atoms with Crippen LogP contribution in [0.25, 0.3) is 11.0 Å². The van der Waals surface area contributed by atoms with Gasteiger partial charge in [0.15, 0.2) is 5.82 Å². The third-order valence-electron chi connectivity index (χ3n) is 4.79.